The van der Waals surface area contributed by atoms with E-state index in [2.05, 4.69) is 30.3 Å². The van der Waals surface area contributed by atoms with Gasteiger partial charge in [0, 0.05) is 5.56 Å². The predicted molar refractivity (Wildman–Crippen MR) is 121 cm³/mol. The van der Waals surface area contributed by atoms with Crippen LogP contribution in [0.1, 0.15) is 28.8 Å². The lowest BCUT2D eigenvalue weighted by Gasteiger charge is -2.16. The molecule has 0 bridgehead atoms. The van der Waals surface area contributed by atoms with Crippen LogP contribution in [-0.2, 0) is 0 Å². The maximum absolute atomic E-state index is 12.9. The van der Waals surface area contributed by atoms with Crippen LogP contribution in [0.15, 0.2) is 78.9 Å². The Morgan fingerprint density at radius 2 is 1.37 bits per heavy atom. The van der Waals surface area contributed by atoms with Gasteiger partial charge < -0.3 is 9.47 Å². The van der Waals surface area contributed by atoms with Crippen LogP contribution in [-0.4, -0.2) is 19.0 Å². The zero-order valence-electron chi connectivity index (χ0n) is 16.6. The summed E-state index contributed by atoms with van der Waals surface area (Å²) in [6.07, 6.45) is 5.51. The van der Waals surface area contributed by atoms with Crippen LogP contribution < -0.4 is 9.47 Å². The SMILES string of the molecule is O=C(C=Cc1c2ccccc2cc2ccccc12)c1ccc2c(c1)OCCCCO2. The minimum atomic E-state index is -0.0551. The van der Waals surface area contributed by atoms with Gasteiger partial charge in [-0.3, -0.25) is 4.79 Å². The topological polar surface area (TPSA) is 35.5 Å². The number of carbonyl (C=O) groups is 1. The van der Waals surface area contributed by atoms with Crippen molar-refractivity contribution in [3.05, 3.63) is 90.0 Å². The van der Waals surface area contributed by atoms with E-state index in [9.17, 15) is 4.79 Å². The predicted octanol–water partition coefficient (Wildman–Crippen LogP) is 6.44. The van der Waals surface area contributed by atoms with E-state index < -0.39 is 0 Å². The van der Waals surface area contributed by atoms with Crippen LogP contribution in [0.3, 0.4) is 0 Å². The second kappa shape index (κ2) is 8.03. The first-order valence-corrected chi connectivity index (χ1v) is 10.3. The first kappa shape index (κ1) is 18.4. The second-order valence-corrected chi connectivity index (χ2v) is 7.50. The largest absolute Gasteiger partial charge is 0.490 e. The maximum Gasteiger partial charge on any atom is 0.185 e. The second-order valence-electron chi connectivity index (χ2n) is 7.50. The average molecular weight is 394 g/mol. The highest BCUT2D eigenvalue weighted by atomic mass is 16.5. The molecule has 0 saturated carbocycles. The molecule has 0 fully saturated rings. The van der Waals surface area contributed by atoms with Crippen molar-refractivity contribution in [2.24, 2.45) is 0 Å². The van der Waals surface area contributed by atoms with Crippen molar-refractivity contribution >= 4 is 33.4 Å². The van der Waals surface area contributed by atoms with Gasteiger partial charge in [-0.2, -0.15) is 0 Å². The lowest BCUT2D eigenvalue weighted by molar-refractivity contribution is 0.104. The van der Waals surface area contributed by atoms with Gasteiger partial charge in [-0.25, -0.2) is 0 Å². The van der Waals surface area contributed by atoms with Crippen molar-refractivity contribution in [1.29, 1.82) is 0 Å². The molecule has 0 radical (unpaired) electrons. The molecule has 4 aromatic carbocycles. The molecule has 148 valence electrons. The van der Waals surface area contributed by atoms with E-state index in [-0.39, 0.29) is 5.78 Å². The molecule has 30 heavy (non-hydrogen) atoms. The summed E-state index contributed by atoms with van der Waals surface area (Å²) in [5.41, 5.74) is 1.65. The third-order valence-corrected chi connectivity index (χ3v) is 5.50. The fraction of sp³-hybridized carbons (Fsp3) is 0.148. The van der Waals surface area contributed by atoms with E-state index in [0.29, 0.717) is 30.3 Å². The van der Waals surface area contributed by atoms with Crippen molar-refractivity contribution in [3.63, 3.8) is 0 Å². The van der Waals surface area contributed by atoms with Crippen molar-refractivity contribution in [2.45, 2.75) is 12.8 Å². The number of ether oxygens (including phenoxy) is 2. The Hall–Kier alpha value is -3.59. The monoisotopic (exact) mass is 394 g/mol. The molecule has 0 N–H and O–H groups in total. The van der Waals surface area contributed by atoms with Crippen LogP contribution >= 0.6 is 0 Å². The van der Waals surface area contributed by atoms with Gasteiger partial charge in [-0.1, -0.05) is 48.5 Å². The van der Waals surface area contributed by atoms with Gasteiger partial charge in [0.05, 0.1) is 13.2 Å². The Kier molecular flexibility index (Phi) is 4.94. The van der Waals surface area contributed by atoms with Gasteiger partial charge in [0.2, 0.25) is 0 Å². The van der Waals surface area contributed by atoms with E-state index in [1.807, 2.05) is 36.4 Å². The number of ketones is 1. The van der Waals surface area contributed by atoms with Crippen molar-refractivity contribution < 1.29 is 14.3 Å². The Morgan fingerprint density at radius 3 is 2.07 bits per heavy atom. The fourth-order valence-electron chi connectivity index (χ4n) is 3.95. The van der Waals surface area contributed by atoms with E-state index >= 15 is 0 Å². The molecule has 0 saturated heterocycles. The van der Waals surface area contributed by atoms with Crippen LogP contribution in [0.25, 0.3) is 27.6 Å². The molecule has 3 heteroatoms. The molecule has 0 aromatic heterocycles. The summed E-state index contributed by atoms with van der Waals surface area (Å²) in [5.74, 6) is 1.29. The molecule has 4 aromatic rings. The zero-order chi connectivity index (χ0) is 20.3. The molecule has 1 heterocycles. The summed E-state index contributed by atoms with van der Waals surface area (Å²) >= 11 is 0. The Bertz CT molecular complexity index is 1220. The molecule has 0 spiro atoms. The summed E-state index contributed by atoms with van der Waals surface area (Å²) < 4.78 is 11.5. The maximum atomic E-state index is 12.9. The number of hydrogen-bond donors (Lipinski definition) is 0. The lowest BCUT2D eigenvalue weighted by atomic mass is 9.96. The molecular weight excluding hydrogens is 372 g/mol. The highest BCUT2D eigenvalue weighted by Gasteiger charge is 2.13. The highest BCUT2D eigenvalue weighted by molar-refractivity contribution is 6.12. The standard InChI is InChI=1S/C27H22O3/c28-25(21-11-14-26-27(18-21)30-16-6-5-15-29-26)13-12-24-22-9-3-1-7-19(22)17-20-8-2-4-10-23(20)24/h1-4,7-14,17-18H,5-6,15-16H2. The molecule has 5 rings (SSSR count). The van der Waals surface area contributed by atoms with Gasteiger partial charge in [0.15, 0.2) is 17.3 Å². The number of benzene rings is 4. The Morgan fingerprint density at radius 1 is 0.733 bits per heavy atom. The number of carbonyl (C=O) groups excluding carboxylic acids is 1. The minimum Gasteiger partial charge on any atom is -0.490 e. The molecular formula is C27H22O3. The van der Waals surface area contributed by atoms with Crippen LogP contribution in [0.2, 0.25) is 0 Å². The zero-order valence-corrected chi connectivity index (χ0v) is 16.6. The summed E-state index contributed by atoms with van der Waals surface area (Å²) in [4.78, 5) is 12.9. The quantitative estimate of drug-likeness (QED) is 0.228. The number of fused-ring (bicyclic) bond motifs is 3. The third-order valence-electron chi connectivity index (χ3n) is 5.50. The number of allylic oxidation sites excluding steroid dienone is 1. The smallest absolute Gasteiger partial charge is 0.185 e. The van der Waals surface area contributed by atoms with Crippen molar-refractivity contribution in [1.82, 2.24) is 0 Å². The molecule has 0 unspecified atom stereocenters. The summed E-state index contributed by atoms with van der Waals surface area (Å²) in [6, 6.07) is 24.2. The summed E-state index contributed by atoms with van der Waals surface area (Å²) in [6.45, 7) is 1.32. The summed E-state index contributed by atoms with van der Waals surface area (Å²) in [7, 11) is 0. The van der Waals surface area contributed by atoms with E-state index in [1.54, 1.807) is 18.2 Å². The van der Waals surface area contributed by atoms with Crippen molar-refractivity contribution in [3.8, 4) is 11.5 Å². The molecule has 1 aliphatic heterocycles. The Labute approximate surface area is 175 Å². The molecule has 3 nitrogen and oxygen atoms in total. The molecule has 0 amide bonds. The minimum absolute atomic E-state index is 0.0551. The fourth-order valence-corrected chi connectivity index (χ4v) is 3.95. The first-order chi connectivity index (χ1) is 14.8. The van der Waals surface area contributed by atoms with Crippen LogP contribution in [0.5, 0.6) is 11.5 Å². The van der Waals surface area contributed by atoms with Crippen molar-refractivity contribution in [2.75, 3.05) is 13.2 Å². The highest BCUT2D eigenvalue weighted by Crippen LogP contribution is 2.32. The van der Waals surface area contributed by atoms with Crippen LogP contribution in [0.4, 0.5) is 0 Å². The Balaban J connectivity index is 1.53. The van der Waals surface area contributed by atoms with Gasteiger partial charge >= 0.3 is 0 Å². The average Bonchev–Trinajstić information content (AvgIpc) is 2.76. The van der Waals surface area contributed by atoms with Gasteiger partial charge in [-0.15, -0.1) is 0 Å². The third kappa shape index (κ3) is 3.55. The number of rotatable bonds is 3. The van der Waals surface area contributed by atoms with E-state index in [0.717, 1.165) is 39.9 Å². The lowest BCUT2D eigenvalue weighted by Crippen LogP contribution is -2.09. The van der Waals surface area contributed by atoms with Gasteiger partial charge in [0.1, 0.15) is 0 Å². The number of hydrogen-bond acceptors (Lipinski definition) is 3. The molecule has 0 atom stereocenters. The van der Waals surface area contributed by atoms with E-state index in [4.69, 9.17) is 9.47 Å². The van der Waals surface area contributed by atoms with Gasteiger partial charge in [0.25, 0.3) is 0 Å². The van der Waals surface area contributed by atoms with E-state index in [1.165, 1.54) is 0 Å². The first-order valence-electron chi connectivity index (χ1n) is 10.3. The molecule has 0 aliphatic carbocycles. The molecule has 1 aliphatic rings. The van der Waals surface area contributed by atoms with Gasteiger partial charge in [-0.05, 0) is 76.4 Å². The normalized spacial score (nSPS) is 14.0. The van der Waals surface area contributed by atoms with Crippen LogP contribution in [0, 0.1) is 0 Å². The summed E-state index contributed by atoms with van der Waals surface area (Å²) in [5, 5.41) is 4.59.